The maximum absolute atomic E-state index is 12.2. The highest BCUT2D eigenvalue weighted by Crippen LogP contribution is 2.17. The number of carbonyl (C=O) groups is 2. The van der Waals surface area contributed by atoms with E-state index in [-0.39, 0.29) is 25.7 Å². The molecular formula is C21H40O7. The lowest BCUT2D eigenvalue weighted by molar-refractivity contribution is -0.153. The van der Waals surface area contributed by atoms with Gasteiger partial charge >= 0.3 is 11.9 Å². The van der Waals surface area contributed by atoms with Crippen LogP contribution in [-0.2, 0) is 19.1 Å². The van der Waals surface area contributed by atoms with E-state index in [1.165, 1.54) is 7.11 Å². The molecular weight excluding hydrogens is 364 g/mol. The zero-order chi connectivity index (χ0) is 21.4. The summed E-state index contributed by atoms with van der Waals surface area (Å²) < 4.78 is 9.98. The second kappa shape index (κ2) is 16.7. The Morgan fingerprint density at radius 2 is 1.29 bits per heavy atom. The van der Waals surface area contributed by atoms with Crippen LogP contribution in [0.15, 0.2) is 0 Å². The molecule has 0 rings (SSSR count). The minimum Gasteiger partial charge on any atom is -0.469 e. The molecule has 3 N–H and O–H groups in total. The third kappa shape index (κ3) is 14.8. The standard InChI is InChI=1S/C21H40O7/c1-4-6-8-10-16(22)12-17(23)15-21(26)28-19(11-9-7-5-2)13-18(24)14-20(25)27-3/h16-19,22-24H,4-15H2,1-3H3/t16-,17-,18-,19-/m1/s1. The third-order valence-corrected chi connectivity index (χ3v) is 4.68. The second-order valence-corrected chi connectivity index (χ2v) is 7.52. The average Bonchev–Trinajstić information content (AvgIpc) is 2.61. The summed E-state index contributed by atoms with van der Waals surface area (Å²) >= 11 is 0. The van der Waals surface area contributed by atoms with Crippen molar-refractivity contribution in [3.63, 3.8) is 0 Å². The summed E-state index contributed by atoms with van der Waals surface area (Å²) in [6.07, 6.45) is 3.93. The average molecular weight is 405 g/mol. The minimum atomic E-state index is -0.958. The molecule has 0 saturated heterocycles. The minimum absolute atomic E-state index is 0.143. The van der Waals surface area contributed by atoms with E-state index in [4.69, 9.17) is 4.74 Å². The zero-order valence-electron chi connectivity index (χ0n) is 17.8. The molecule has 0 fully saturated rings. The van der Waals surface area contributed by atoms with Crippen molar-refractivity contribution >= 4 is 11.9 Å². The van der Waals surface area contributed by atoms with Gasteiger partial charge in [-0.3, -0.25) is 9.59 Å². The van der Waals surface area contributed by atoms with Crippen LogP contribution in [0.3, 0.4) is 0 Å². The van der Waals surface area contributed by atoms with Crippen molar-refractivity contribution in [3.05, 3.63) is 0 Å². The summed E-state index contributed by atoms with van der Waals surface area (Å²) in [5.41, 5.74) is 0. The summed E-state index contributed by atoms with van der Waals surface area (Å²) in [4.78, 5) is 23.4. The van der Waals surface area contributed by atoms with Gasteiger partial charge in [-0.05, 0) is 25.7 Å². The van der Waals surface area contributed by atoms with Gasteiger partial charge in [-0.15, -0.1) is 0 Å². The largest absolute Gasteiger partial charge is 0.469 e. The fourth-order valence-corrected chi connectivity index (χ4v) is 3.08. The van der Waals surface area contributed by atoms with E-state index in [0.29, 0.717) is 12.8 Å². The van der Waals surface area contributed by atoms with Crippen LogP contribution in [0.25, 0.3) is 0 Å². The summed E-state index contributed by atoms with van der Waals surface area (Å²) in [5, 5.41) is 30.0. The van der Waals surface area contributed by atoms with Gasteiger partial charge in [-0.25, -0.2) is 0 Å². The third-order valence-electron chi connectivity index (χ3n) is 4.68. The van der Waals surface area contributed by atoms with Crippen molar-refractivity contribution in [2.24, 2.45) is 0 Å². The van der Waals surface area contributed by atoms with Crippen molar-refractivity contribution in [1.82, 2.24) is 0 Å². The van der Waals surface area contributed by atoms with Gasteiger partial charge in [0.2, 0.25) is 0 Å². The molecule has 0 aliphatic heterocycles. The fourth-order valence-electron chi connectivity index (χ4n) is 3.08. The van der Waals surface area contributed by atoms with Gasteiger partial charge in [0.15, 0.2) is 0 Å². The first-order valence-electron chi connectivity index (χ1n) is 10.6. The molecule has 0 spiro atoms. The van der Waals surface area contributed by atoms with E-state index in [9.17, 15) is 24.9 Å². The van der Waals surface area contributed by atoms with Crippen molar-refractivity contribution in [2.45, 2.75) is 115 Å². The van der Waals surface area contributed by atoms with Crippen LogP contribution in [0, 0.1) is 0 Å². The summed E-state index contributed by atoms with van der Waals surface area (Å²) in [6.45, 7) is 4.14. The lowest BCUT2D eigenvalue weighted by atomic mass is 10.0. The second-order valence-electron chi connectivity index (χ2n) is 7.52. The number of methoxy groups -OCH3 is 1. The predicted octanol–water partition coefficient (Wildman–Crippen LogP) is 2.87. The molecule has 0 bridgehead atoms. The lowest BCUT2D eigenvalue weighted by Gasteiger charge is -2.22. The highest BCUT2D eigenvalue weighted by Gasteiger charge is 2.23. The molecule has 0 heterocycles. The Balaban J connectivity index is 4.44. The fraction of sp³-hybridized carbons (Fsp3) is 0.905. The van der Waals surface area contributed by atoms with E-state index >= 15 is 0 Å². The van der Waals surface area contributed by atoms with Crippen molar-refractivity contribution < 1.29 is 34.4 Å². The van der Waals surface area contributed by atoms with Gasteiger partial charge in [0, 0.05) is 6.42 Å². The van der Waals surface area contributed by atoms with E-state index in [1.54, 1.807) is 0 Å². The quantitative estimate of drug-likeness (QED) is 0.252. The Morgan fingerprint density at radius 1 is 0.750 bits per heavy atom. The molecule has 4 atom stereocenters. The van der Waals surface area contributed by atoms with Crippen LogP contribution in [-0.4, -0.2) is 58.8 Å². The maximum Gasteiger partial charge on any atom is 0.308 e. The summed E-state index contributed by atoms with van der Waals surface area (Å²) in [6, 6.07) is 0. The van der Waals surface area contributed by atoms with E-state index in [2.05, 4.69) is 18.6 Å². The Labute approximate surface area is 169 Å². The summed E-state index contributed by atoms with van der Waals surface area (Å²) in [7, 11) is 1.26. The van der Waals surface area contributed by atoms with Gasteiger partial charge in [-0.2, -0.15) is 0 Å². The molecule has 0 aliphatic rings. The van der Waals surface area contributed by atoms with Gasteiger partial charge in [0.1, 0.15) is 6.10 Å². The Hall–Kier alpha value is -1.18. The number of ether oxygens (including phenoxy) is 2. The van der Waals surface area contributed by atoms with E-state index < -0.39 is 36.4 Å². The molecule has 0 radical (unpaired) electrons. The van der Waals surface area contributed by atoms with Crippen molar-refractivity contribution in [1.29, 1.82) is 0 Å². The molecule has 7 nitrogen and oxygen atoms in total. The number of esters is 2. The first kappa shape index (κ1) is 26.8. The van der Waals surface area contributed by atoms with Crippen LogP contribution in [0.1, 0.15) is 90.9 Å². The molecule has 28 heavy (non-hydrogen) atoms. The number of aliphatic hydroxyl groups excluding tert-OH is 3. The zero-order valence-corrected chi connectivity index (χ0v) is 17.8. The molecule has 0 amide bonds. The first-order valence-corrected chi connectivity index (χ1v) is 10.6. The Bertz CT molecular complexity index is 414. The van der Waals surface area contributed by atoms with Crippen LogP contribution in [0.4, 0.5) is 0 Å². The smallest absolute Gasteiger partial charge is 0.308 e. The number of hydrogen-bond donors (Lipinski definition) is 3. The molecule has 0 saturated carbocycles. The van der Waals surface area contributed by atoms with E-state index in [1.807, 2.05) is 0 Å². The maximum atomic E-state index is 12.2. The van der Waals surface area contributed by atoms with Gasteiger partial charge < -0.3 is 24.8 Å². The lowest BCUT2D eigenvalue weighted by Crippen LogP contribution is -2.28. The number of rotatable bonds is 17. The predicted molar refractivity (Wildman–Crippen MR) is 107 cm³/mol. The molecule has 166 valence electrons. The Kier molecular flexibility index (Phi) is 16.0. The molecule has 0 aromatic rings. The van der Waals surface area contributed by atoms with Gasteiger partial charge in [0.05, 0.1) is 38.3 Å². The topological polar surface area (TPSA) is 113 Å². The highest BCUT2D eigenvalue weighted by atomic mass is 16.5. The molecule has 0 aromatic carbocycles. The first-order chi connectivity index (χ1) is 13.3. The molecule has 0 aliphatic carbocycles. The highest BCUT2D eigenvalue weighted by molar-refractivity contribution is 5.70. The number of carbonyl (C=O) groups excluding carboxylic acids is 2. The van der Waals surface area contributed by atoms with Crippen molar-refractivity contribution in [2.75, 3.05) is 7.11 Å². The molecule has 7 heteroatoms. The van der Waals surface area contributed by atoms with Crippen LogP contribution in [0.2, 0.25) is 0 Å². The number of aliphatic hydroxyl groups is 3. The summed E-state index contributed by atoms with van der Waals surface area (Å²) in [5.74, 6) is -1.07. The molecule has 0 aromatic heterocycles. The monoisotopic (exact) mass is 404 g/mol. The SMILES string of the molecule is CCCCC[C@@H](O)C[C@@H](O)CC(=O)O[C@H](CCCCC)C[C@@H](O)CC(=O)OC. The van der Waals surface area contributed by atoms with Gasteiger partial charge in [-0.1, -0.05) is 46.0 Å². The Morgan fingerprint density at radius 3 is 1.86 bits per heavy atom. The van der Waals surface area contributed by atoms with Crippen LogP contribution < -0.4 is 0 Å². The van der Waals surface area contributed by atoms with Crippen LogP contribution in [0.5, 0.6) is 0 Å². The van der Waals surface area contributed by atoms with Crippen LogP contribution >= 0.6 is 0 Å². The normalized spacial score (nSPS) is 15.5. The number of hydrogen-bond acceptors (Lipinski definition) is 7. The van der Waals surface area contributed by atoms with Crippen molar-refractivity contribution in [3.8, 4) is 0 Å². The number of unbranched alkanes of at least 4 members (excludes halogenated alkanes) is 4. The molecule has 0 unspecified atom stereocenters. The van der Waals surface area contributed by atoms with Gasteiger partial charge in [0.25, 0.3) is 0 Å². The van der Waals surface area contributed by atoms with E-state index in [0.717, 1.165) is 38.5 Å².